The number of piperidine rings is 1. The maximum Gasteiger partial charge on any atom is 0.227 e. The first-order chi connectivity index (χ1) is 12.9. The average Bonchev–Trinajstić information content (AvgIpc) is 2.93. The van der Waals surface area contributed by atoms with Crippen LogP contribution in [0.15, 0.2) is 18.2 Å². The number of likely N-dealkylation sites (tertiary alicyclic amines) is 1. The van der Waals surface area contributed by atoms with E-state index >= 15 is 0 Å². The SMILES string of the molecule is O=C([C@H]1CCCN(S(=O)(=O)Cc2ccc(Cl)c(Cl)c2)C1)N1CCCCCC1. The minimum atomic E-state index is -3.51. The molecule has 0 N–H and O–H groups in total. The van der Waals surface area contributed by atoms with E-state index in [0.717, 1.165) is 32.4 Å². The monoisotopic (exact) mass is 432 g/mol. The summed E-state index contributed by atoms with van der Waals surface area (Å²) in [4.78, 5) is 14.8. The van der Waals surface area contributed by atoms with E-state index in [9.17, 15) is 13.2 Å². The average molecular weight is 433 g/mol. The molecule has 8 heteroatoms. The van der Waals surface area contributed by atoms with Crippen molar-refractivity contribution in [1.29, 1.82) is 0 Å². The summed E-state index contributed by atoms with van der Waals surface area (Å²) in [7, 11) is -3.51. The fourth-order valence-electron chi connectivity index (χ4n) is 3.88. The van der Waals surface area contributed by atoms with Gasteiger partial charge in [-0.3, -0.25) is 4.79 Å². The predicted octanol–water partition coefficient (Wildman–Crippen LogP) is 3.94. The second kappa shape index (κ2) is 9.12. The molecule has 27 heavy (non-hydrogen) atoms. The van der Waals surface area contributed by atoms with E-state index in [4.69, 9.17) is 23.2 Å². The van der Waals surface area contributed by atoms with Gasteiger partial charge in [0.25, 0.3) is 0 Å². The Hall–Kier alpha value is -0.820. The standard InChI is InChI=1S/C19H26Cl2N2O3S/c20-17-8-7-15(12-18(17)21)14-27(25,26)23-11-5-6-16(13-23)19(24)22-9-3-1-2-4-10-22/h7-8,12,16H,1-6,9-11,13-14H2/t16-/m0/s1. The third-order valence-corrected chi connectivity index (χ3v) is 7.93. The van der Waals surface area contributed by atoms with Gasteiger partial charge in [-0.2, -0.15) is 0 Å². The molecule has 0 bridgehead atoms. The van der Waals surface area contributed by atoms with Crippen molar-refractivity contribution in [1.82, 2.24) is 9.21 Å². The zero-order valence-corrected chi connectivity index (χ0v) is 17.7. The second-order valence-electron chi connectivity index (χ2n) is 7.44. The smallest absolute Gasteiger partial charge is 0.227 e. The van der Waals surface area contributed by atoms with Gasteiger partial charge >= 0.3 is 0 Å². The normalized spacial score (nSPS) is 22.4. The molecule has 2 saturated heterocycles. The van der Waals surface area contributed by atoms with Crippen LogP contribution >= 0.6 is 23.2 Å². The fourth-order valence-corrected chi connectivity index (χ4v) is 5.80. The number of carbonyl (C=O) groups is 1. The summed E-state index contributed by atoms with van der Waals surface area (Å²) in [5.74, 6) is -0.249. The molecule has 1 atom stereocenters. The van der Waals surface area contributed by atoms with E-state index in [0.29, 0.717) is 28.6 Å². The molecule has 1 amide bonds. The Bertz CT molecular complexity index is 777. The maximum atomic E-state index is 12.9. The van der Waals surface area contributed by atoms with Crippen LogP contribution in [0.4, 0.5) is 0 Å². The molecule has 2 heterocycles. The highest BCUT2D eigenvalue weighted by Gasteiger charge is 2.34. The lowest BCUT2D eigenvalue weighted by Crippen LogP contribution is -2.47. The molecular formula is C19H26Cl2N2O3S. The van der Waals surface area contributed by atoms with Crippen molar-refractivity contribution in [2.45, 2.75) is 44.3 Å². The Morgan fingerprint density at radius 3 is 2.37 bits per heavy atom. The van der Waals surface area contributed by atoms with E-state index in [2.05, 4.69) is 0 Å². The van der Waals surface area contributed by atoms with E-state index in [1.807, 2.05) is 4.90 Å². The number of hydrogen-bond acceptors (Lipinski definition) is 3. The Morgan fingerprint density at radius 1 is 1.00 bits per heavy atom. The van der Waals surface area contributed by atoms with Crippen molar-refractivity contribution in [2.75, 3.05) is 26.2 Å². The lowest BCUT2D eigenvalue weighted by molar-refractivity contribution is -0.136. The van der Waals surface area contributed by atoms with Crippen molar-refractivity contribution < 1.29 is 13.2 Å². The topological polar surface area (TPSA) is 57.7 Å². The molecule has 1 aromatic rings. The van der Waals surface area contributed by atoms with Crippen LogP contribution in [0.1, 0.15) is 44.1 Å². The third kappa shape index (κ3) is 5.37. The lowest BCUT2D eigenvalue weighted by atomic mass is 9.98. The number of carbonyl (C=O) groups excluding carboxylic acids is 1. The van der Waals surface area contributed by atoms with Crippen LogP contribution in [0.2, 0.25) is 10.0 Å². The Kier molecular flexibility index (Phi) is 7.06. The van der Waals surface area contributed by atoms with Crippen LogP contribution in [0.5, 0.6) is 0 Å². The molecule has 2 fully saturated rings. The van der Waals surface area contributed by atoms with Crippen LogP contribution in [-0.4, -0.2) is 49.7 Å². The van der Waals surface area contributed by atoms with Gasteiger partial charge < -0.3 is 4.90 Å². The second-order valence-corrected chi connectivity index (χ2v) is 10.2. The summed E-state index contributed by atoms with van der Waals surface area (Å²) in [6, 6.07) is 4.87. The Morgan fingerprint density at radius 2 is 1.70 bits per heavy atom. The maximum absolute atomic E-state index is 12.9. The lowest BCUT2D eigenvalue weighted by Gasteiger charge is -2.34. The minimum Gasteiger partial charge on any atom is -0.342 e. The number of benzene rings is 1. The van der Waals surface area contributed by atoms with E-state index in [1.54, 1.807) is 18.2 Å². The first kappa shape index (κ1) is 20.9. The molecule has 5 nitrogen and oxygen atoms in total. The molecule has 0 aromatic heterocycles. The highest BCUT2D eigenvalue weighted by atomic mass is 35.5. The van der Waals surface area contributed by atoms with E-state index in [-0.39, 0.29) is 24.1 Å². The molecule has 0 saturated carbocycles. The number of amides is 1. The molecule has 3 rings (SSSR count). The molecule has 1 aromatic carbocycles. The molecule has 2 aliphatic heterocycles. The molecule has 0 radical (unpaired) electrons. The number of halogens is 2. The molecule has 0 spiro atoms. The largest absolute Gasteiger partial charge is 0.342 e. The van der Waals surface area contributed by atoms with Gasteiger partial charge in [-0.25, -0.2) is 12.7 Å². The zero-order valence-electron chi connectivity index (χ0n) is 15.4. The number of nitrogens with zero attached hydrogens (tertiary/aromatic N) is 2. The number of rotatable bonds is 4. The molecule has 2 aliphatic rings. The summed E-state index contributed by atoms with van der Waals surface area (Å²) < 4.78 is 27.2. The molecular weight excluding hydrogens is 407 g/mol. The van der Waals surface area contributed by atoms with Gasteiger partial charge in [0.15, 0.2) is 0 Å². The number of sulfonamides is 1. The van der Waals surface area contributed by atoms with Gasteiger partial charge in [-0.15, -0.1) is 0 Å². The molecule has 0 unspecified atom stereocenters. The van der Waals surface area contributed by atoms with Gasteiger partial charge in [-0.1, -0.05) is 42.1 Å². The summed E-state index contributed by atoms with van der Waals surface area (Å²) in [5.41, 5.74) is 0.602. The van der Waals surface area contributed by atoms with E-state index < -0.39 is 10.0 Å². The van der Waals surface area contributed by atoms with Gasteiger partial charge in [-0.05, 0) is 43.4 Å². The quantitative estimate of drug-likeness (QED) is 0.723. The van der Waals surface area contributed by atoms with Crippen molar-refractivity contribution in [3.8, 4) is 0 Å². The van der Waals surface area contributed by atoms with Gasteiger partial charge in [0.2, 0.25) is 15.9 Å². The minimum absolute atomic E-state index is 0.117. The van der Waals surface area contributed by atoms with Crippen molar-refractivity contribution >= 4 is 39.1 Å². The summed E-state index contributed by atoms with van der Waals surface area (Å²) >= 11 is 11.9. The summed E-state index contributed by atoms with van der Waals surface area (Å²) in [6.07, 6.45) is 5.88. The zero-order chi connectivity index (χ0) is 19.4. The summed E-state index contributed by atoms with van der Waals surface area (Å²) in [6.45, 7) is 2.34. The summed E-state index contributed by atoms with van der Waals surface area (Å²) in [5, 5.41) is 0.746. The molecule has 150 valence electrons. The first-order valence-electron chi connectivity index (χ1n) is 9.57. The van der Waals surface area contributed by atoms with Crippen LogP contribution in [0, 0.1) is 5.92 Å². The van der Waals surface area contributed by atoms with Gasteiger partial charge in [0, 0.05) is 26.2 Å². The van der Waals surface area contributed by atoms with E-state index in [1.165, 1.54) is 17.1 Å². The predicted molar refractivity (Wildman–Crippen MR) is 108 cm³/mol. The highest BCUT2D eigenvalue weighted by Crippen LogP contribution is 2.27. The Balaban J connectivity index is 1.66. The van der Waals surface area contributed by atoms with Crippen LogP contribution < -0.4 is 0 Å². The van der Waals surface area contributed by atoms with Crippen molar-refractivity contribution in [3.63, 3.8) is 0 Å². The molecule has 0 aliphatic carbocycles. The van der Waals surface area contributed by atoms with Gasteiger partial charge in [0.05, 0.1) is 21.7 Å². The van der Waals surface area contributed by atoms with Crippen LogP contribution in [0.3, 0.4) is 0 Å². The van der Waals surface area contributed by atoms with Crippen LogP contribution in [-0.2, 0) is 20.6 Å². The van der Waals surface area contributed by atoms with Crippen molar-refractivity contribution in [3.05, 3.63) is 33.8 Å². The first-order valence-corrected chi connectivity index (χ1v) is 11.9. The fraction of sp³-hybridized carbons (Fsp3) is 0.632. The van der Waals surface area contributed by atoms with Gasteiger partial charge in [0.1, 0.15) is 0 Å². The third-order valence-electron chi connectivity index (χ3n) is 5.38. The van der Waals surface area contributed by atoms with Crippen molar-refractivity contribution in [2.24, 2.45) is 5.92 Å². The Labute approximate surface area is 171 Å². The highest BCUT2D eigenvalue weighted by molar-refractivity contribution is 7.88. The van der Waals surface area contributed by atoms with Crippen LogP contribution in [0.25, 0.3) is 0 Å². The number of hydrogen-bond donors (Lipinski definition) is 0.